The quantitative estimate of drug-likeness (QED) is 0.780. The molecule has 2 aromatic rings. The number of hydrogen-bond acceptors (Lipinski definition) is 2. The summed E-state index contributed by atoms with van der Waals surface area (Å²) in [6.07, 6.45) is -4.53. The SMILES string of the molecule is Cc1cc(OCC(=O)Nc2cc(C(F)(F)F)ccc2Cl)ccc1Cl. The third kappa shape index (κ3) is 4.79. The number of carbonyl (C=O) groups is 1. The van der Waals surface area contributed by atoms with Gasteiger partial charge in [-0.25, -0.2) is 0 Å². The molecule has 0 saturated carbocycles. The van der Waals surface area contributed by atoms with E-state index >= 15 is 0 Å². The predicted octanol–water partition coefficient (Wildman–Crippen LogP) is 5.34. The number of nitrogens with one attached hydrogen (secondary N) is 1. The van der Waals surface area contributed by atoms with Crippen LogP contribution in [-0.2, 0) is 11.0 Å². The minimum atomic E-state index is -4.53. The molecule has 0 aliphatic heterocycles. The fourth-order valence-electron chi connectivity index (χ4n) is 1.84. The summed E-state index contributed by atoms with van der Waals surface area (Å²) < 4.78 is 43.3. The third-order valence-corrected chi connectivity index (χ3v) is 3.82. The summed E-state index contributed by atoms with van der Waals surface area (Å²) in [5.41, 5.74) is -0.265. The van der Waals surface area contributed by atoms with Gasteiger partial charge in [-0.05, 0) is 48.9 Å². The first-order valence-corrected chi connectivity index (χ1v) is 7.48. The van der Waals surface area contributed by atoms with Crippen molar-refractivity contribution in [3.63, 3.8) is 0 Å². The summed E-state index contributed by atoms with van der Waals surface area (Å²) in [6, 6.07) is 7.53. The molecule has 0 saturated heterocycles. The minimum absolute atomic E-state index is 0.00122. The smallest absolute Gasteiger partial charge is 0.416 e. The van der Waals surface area contributed by atoms with Gasteiger partial charge in [0.2, 0.25) is 0 Å². The first-order chi connectivity index (χ1) is 11.2. The van der Waals surface area contributed by atoms with E-state index in [0.29, 0.717) is 10.8 Å². The van der Waals surface area contributed by atoms with E-state index < -0.39 is 17.6 Å². The molecule has 128 valence electrons. The number of amides is 1. The second kappa shape index (κ2) is 7.32. The second-order valence-corrected chi connectivity index (χ2v) is 5.75. The summed E-state index contributed by atoms with van der Waals surface area (Å²) in [4.78, 5) is 11.8. The molecule has 2 aromatic carbocycles. The van der Waals surface area contributed by atoms with Crippen molar-refractivity contribution in [3.05, 3.63) is 57.6 Å². The molecule has 0 atom stereocenters. The Morgan fingerprint density at radius 2 is 1.79 bits per heavy atom. The number of hydrogen-bond donors (Lipinski definition) is 1. The van der Waals surface area contributed by atoms with Gasteiger partial charge in [-0.1, -0.05) is 23.2 Å². The Morgan fingerprint density at radius 3 is 2.42 bits per heavy atom. The molecule has 2 rings (SSSR count). The maximum Gasteiger partial charge on any atom is 0.416 e. The highest BCUT2D eigenvalue weighted by Gasteiger charge is 2.31. The zero-order chi connectivity index (χ0) is 17.9. The number of rotatable bonds is 4. The molecular weight excluding hydrogens is 366 g/mol. The van der Waals surface area contributed by atoms with Gasteiger partial charge in [0.05, 0.1) is 16.3 Å². The Labute approximate surface area is 146 Å². The van der Waals surface area contributed by atoms with Gasteiger partial charge in [-0.15, -0.1) is 0 Å². The molecule has 0 aromatic heterocycles. The zero-order valence-corrected chi connectivity index (χ0v) is 13.9. The zero-order valence-electron chi connectivity index (χ0n) is 12.4. The van der Waals surface area contributed by atoms with E-state index in [-0.39, 0.29) is 17.3 Å². The molecule has 0 spiro atoms. The number of anilines is 1. The van der Waals surface area contributed by atoms with Crippen molar-refractivity contribution in [1.29, 1.82) is 0 Å². The van der Waals surface area contributed by atoms with Crippen molar-refractivity contribution >= 4 is 34.8 Å². The topological polar surface area (TPSA) is 38.3 Å². The third-order valence-electron chi connectivity index (χ3n) is 3.07. The van der Waals surface area contributed by atoms with E-state index in [1.807, 2.05) is 0 Å². The Kier molecular flexibility index (Phi) is 5.62. The number of ether oxygens (including phenoxy) is 1. The van der Waals surface area contributed by atoms with Crippen LogP contribution >= 0.6 is 23.2 Å². The summed E-state index contributed by atoms with van der Waals surface area (Å²) in [5, 5.41) is 2.85. The molecule has 0 aliphatic rings. The monoisotopic (exact) mass is 377 g/mol. The molecule has 0 heterocycles. The standard InChI is InChI=1S/C16H12Cl2F3NO2/c1-9-6-11(3-5-12(9)17)24-8-15(23)22-14-7-10(16(19,20)21)2-4-13(14)18/h2-7H,8H2,1H3,(H,22,23). The largest absolute Gasteiger partial charge is 0.484 e. The Bertz CT molecular complexity index is 763. The van der Waals surface area contributed by atoms with Gasteiger partial charge in [0.25, 0.3) is 5.91 Å². The van der Waals surface area contributed by atoms with Crippen molar-refractivity contribution < 1.29 is 22.7 Å². The summed E-state index contributed by atoms with van der Waals surface area (Å²) in [7, 11) is 0. The second-order valence-electron chi connectivity index (χ2n) is 4.94. The fourth-order valence-corrected chi connectivity index (χ4v) is 2.12. The number of carbonyl (C=O) groups excluding carboxylic acids is 1. The van der Waals surface area contributed by atoms with Crippen LogP contribution in [0.25, 0.3) is 0 Å². The van der Waals surface area contributed by atoms with Crippen LogP contribution < -0.4 is 10.1 Å². The van der Waals surface area contributed by atoms with E-state index in [2.05, 4.69) is 5.32 Å². The Balaban J connectivity index is 2.03. The predicted molar refractivity (Wildman–Crippen MR) is 86.8 cm³/mol. The van der Waals surface area contributed by atoms with E-state index in [4.69, 9.17) is 27.9 Å². The van der Waals surface area contributed by atoms with Gasteiger partial charge in [-0.2, -0.15) is 13.2 Å². The van der Waals surface area contributed by atoms with Crippen LogP contribution in [0, 0.1) is 6.92 Å². The minimum Gasteiger partial charge on any atom is -0.484 e. The van der Waals surface area contributed by atoms with Crippen LogP contribution in [0.2, 0.25) is 10.0 Å². The van der Waals surface area contributed by atoms with Crippen molar-refractivity contribution in [2.45, 2.75) is 13.1 Å². The first-order valence-electron chi connectivity index (χ1n) is 6.72. The van der Waals surface area contributed by atoms with Crippen LogP contribution in [0.15, 0.2) is 36.4 Å². The Hall–Kier alpha value is -1.92. The molecule has 1 amide bonds. The summed E-state index contributed by atoms with van der Waals surface area (Å²) in [5.74, 6) is -0.217. The Morgan fingerprint density at radius 1 is 1.12 bits per heavy atom. The number of aryl methyl sites for hydroxylation is 1. The number of halogens is 5. The highest BCUT2D eigenvalue weighted by atomic mass is 35.5. The average Bonchev–Trinajstić information content (AvgIpc) is 2.49. The molecule has 0 fully saturated rings. The van der Waals surface area contributed by atoms with Crippen LogP contribution in [0.1, 0.15) is 11.1 Å². The lowest BCUT2D eigenvalue weighted by atomic mass is 10.2. The molecule has 0 unspecified atom stereocenters. The van der Waals surface area contributed by atoms with E-state index in [1.54, 1.807) is 25.1 Å². The summed E-state index contributed by atoms with van der Waals surface area (Å²) in [6.45, 7) is 1.39. The molecule has 8 heteroatoms. The van der Waals surface area contributed by atoms with Crippen molar-refractivity contribution in [1.82, 2.24) is 0 Å². The van der Waals surface area contributed by atoms with Crippen LogP contribution in [0.5, 0.6) is 5.75 Å². The van der Waals surface area contributed by atoms with Gasteiger partial charge < -0.3 is 10.1 Å². The molecule has 0 bridgehead atoms. The van der Waals surface area contributed by atoms with Crippen LogP contribution in [0.4, 0.5) is 18.9 Å². The maximum atomic E-state index is 12.7. The van der Waals surface area contributed by atoms with Gasteiger partial charge >= 0.3 is 6.18 Å². The van der Waals surface area contributed by atoms with Gasteiger partial charge in [0.1, 0.15) is 5.75 Å². The van der Waals surface area contributed by atoms with Crippen molar-refractivity contribution in [2.75, 3.05) is 11.9 Å². The van der Waals surface area contributed by atoms with Crippen molar-refractivity contribution in [2.24, 2.45) is 0 Å². The number of benzene rings is 2. The first kappa shape index (κ1) is 18.4. The lowest BCUT2D eigenvalue weighted by Crippen LogP contribution is -2.20. The average molecular weight is 378 g/mol. The van der Waals surface area contributed by atoms with Crippen molar-refractivity contribution in [3.8, 4) is 5.75 Å². The highest BCUT2D eigenvalue weighted by Crippen LogP contribution is 2.33. The van der Waals surface area contributed by atoms with E-state index in [1.165, 1.54) is 0 Å². The fraction of sp³-hybridized carbons (Fsp3) is 0.188. The van der Waals surface area contributed by atoms with Crippen LogP contribution in [-0.4, -0.2) is 12.5 Å². The lowest BCUT2D eigenvalue weighted by Gasteiger charge is -2.12. The van der Waals surface area contributed by atoms with Gasteiger partial charge in [-0.3, -0.25) is 4.79 Å². The molecular formula is C16H12Cl2F3NO2. The molecule has 1 N–H and O–H groups in total. The van der Waals surface area contributed by atoms with E-state index in [9.17, 15) is 18.0 Å². The molecule has 0 radical (unpaired) electrons. The molecule has 0 aliphatic carbocycles. The molecule has 24 heavy (non-hydrogen) atoms. The highest BCUT2D eigenvalue weighted by molar-refractivity contribution is 6.33. The lowest BCUT2D eigenvalue weighted by molar-refractivity contribution is -0.137. The van der Waals surface area contributed by atoms with Gasteiger partial charge in [0, 0.05) is 5.02 Å². The normalized spacial score (nSPS) is 11.2. The summed E-state index contributed by atoms with van der Waals surface area (Å²) >= 11 is 11.7. The van der Waals surface area contributed by atoms with E-state index in [0.717, 1.165) is 23.8 Å². The maximum absolute atomic E-state index is 12.7. The molecule has 3 nitrogen and oxygen atoms in total. The van der Waals surface area contributed by atoms with Crippen LogP contribution in [0.3, 0.4) is 0 Å². The number of alkyl halides is 3. The van der Waals surface area contributed by atoms with Gasteiger partial charge in [0.15, 0.2) is 6.61 Å².